The maximum atomic E-state index is 12.1. The lowest BCUT2D eigenvalue weighted by molar-refractivity contribution is 0.0955. The molecule has 0 spiro atoms. The summed E-state index contributed by atoms with van der Waals surface area (Å²) in [6, 6.07) is 7.03. The van der Waals surface area contributed by atoms with Gasteiger partial charge in [0.25, 0.3) is 0 Å². The molecule has 3 N–H and O–H groups in total. The summed E-state index contributed by atoms with van der Waals surface area (Å²) in [6.07, 6.45) is 5.68. The molecule has 0 aliphatic heterocycles. The van der Waals surface area contributed by atoms with Crippen molar-refractivity contribution in [2.24, 2.45) is 5.92 Å². The van der Waals surface area contributed by atoms with Gasteiger partial charge in [0.05, 0.1) is 24.4 Å². The Hall–Kier alpha value is -1.75. The molecule has 3 rings (SSSR count). The molecular formula is C17H24N2O3. The summed E-state index contributed by atoms with van der Waals surface area (Å²) >= 11 is 0. The first kappa shape index (κ1) is 15.2. The number of para-hydroxylation sites is 2. The van der Waals surface area contributed by atoms with Crippen LogP contribution in [-0.4, -0.2) is 29.9 Å². The van der Waals surface area contributed by atoms with Gasteiger partial charge in [-0.05, 0) is 43.7 Å². The van der Waals surface area contributed by atoms with Gasteiger partial charge in [-0.25, -0.2) is 4.79 Å². The van der Waals surface area contributed by atoms with E-state index in [0.717, 1.165) is 25.7 Å². The van der Waals surface area contributed by atoms with Crippen LogP contribution in [0, 0.1) is 5.92 Å². The number of ether oxygens (including phenoxy) is 1. The monoisotopic (exact) mass is 304 g/mol. The van der Waals surface area contributed by atoms with E-state index in [4.69, 9.17) is 4.74 Å². The van der Waals surface area contributed by atoms with E-state index in [-0.39, 0.29) is 12.1 Å². The minimum absolute atomic E-state index is 0.159. The van der Waals surface area contributed by atoms with Gasteiger partial charge in [-0.15, -0.1) is 0 Å². The topological polar surface area (TPSA) is 70.6 Å². The van der Waals surface area contributed by atoms with Crippen molar-refractivity contribution >= 4 is 11.7 Å². The van der Waals surface area contributed by atoms with Gasteiger partial charge >= 0.3 is 6.03 Å². The highest BCUT2D eigenvalue weighted by molar-refractivity contribution is 5.91. The van der Waals surface area contributed by atoms with Crippen LogP contribution in [0.1, 0.15) is 38.5 Å². The molecule has 0 aromatic heterocycles. The van der Waals surface area contributed by atoms with Crippen molar-refractivity contribution < 1.29 is 14.6 Å². The molecule has 1 aromatic carbocycles. The number of carbonyl (C=O) groups excluding carboxylic acids is 1. The van der Waals surface area contributed by atoms with Crippen LogP contribution in [0.5, 0.6) is 5.75 Å². The van der Waals surface area contributed by atoms with Gasteiger partial charge in [0.15, 0.2) is 0 Å². The van der Waals surface area contributed by atoms with Crippen LogP contribution < -0.4 is 15.4 Å². The van der Waals surface area contributed by atoms with E-state index in [9.17, 15) is 9.90 Å². The molecule has 0 radical (unpaired) electrons. The van der Waals surface area contributed by atoms with Crippen molar-refractivity contribution in [3.63, 3.8) is 0 Å². The zero-order valence-corrected chi connectivity index (χ0v) is 12.8. The normalized spacial score (nSPS) is 24.6. The maximum absolute atomic E-state index is 12.1. The molecule has 2 aliphatic carbocycles. The second-order valence-electron chi connectivity index (χ2n) is 6.31. The van der Waals surface area contributed by atoms with Gasteiger partial charge in [0.2, 0.25) is 0 Å². The highest BCUT2D eigenvalue weighted by atomic mass is 16.5. The van der Waals surface area contributed by atoms with Crippen molar-refractivity contribution in [2.75, 3.05) is 11.9 Å². The van der Waals surface area contributed by atoms with E-state index in [1.54, 1.807) is 0 Å². The Labute approximate surface area is 131 Å². The molecule has 120 valence electrons. The molecule has 2 saturated carbocycles. The van der Waals surface area contributed by atoms with Crippen LogP contribution in [0.3, 0.4) is 0 Å². The van der Waals surface area contributed by atoms with E-state index in [2.05, 4.69) is 10.6 Å². The summed E-state index contributed by atoms with van der Waals surface area (Å²) in [6.45, 7) is 0.710. The van der Waals surface area contributed by atoms with Gasteiger partial charge in [-0.1, -0.05) is 25.0 Å². The number of hydrogen-bond acceptors (Lipinski definition) is 3. The average Bonchev–Trinajstić information content (AvgIpc) is 3.33. The number of rotatable bonds is 5. The van der Waals surface area contributed by atoms with Crippen molar-refractivity contribution in [1.82, 2.24) is 5.32 Å². The molecule has 2 atom stereocenters. The number of aliphatic hydroxyl groups excluding tert-OH is 1. The van der Waals surface area contributed by atoms with Crippen LogP contribution in [0.25, 0.3) is 0 Å². The molecule has 1 aromatic rings. The molecule has 5 nitrogen and oxygen atoms in total. The SMILES string of the molecule is O=C(Nc1ccccc1OCC1CC1)NC1CCCCC1O. The molecule has 0 saturated heterocycles. The highest BCUT2D eigenvalue weighted by Gasteiger charge is 2.25. The minimum Gasteiger partial charge on any atom is -0.491 e. The predicted octanol–water partition coefficient (Wildman–Crippen LogP) is 2.90. The summed E-state index contributed by atoms with van der Waals surface area (Å²) in [5.41, 5.74) is 0.672. The van der Waals surface area contributed by atoms with Crippen molar-refractivity contribution in [3.8, 4) is 5.75 Å². The largest absolute Gasteiger partial charge is 0.491 e. The first-order valence-electron chi connectivity index (χ1n) is 8.20. The number of carbonyl (C=O) groups is 1. The lowest BCUT2D eigenvalue weighted by Gasteiger charge is -2.28. The Bertz CT molecular complexity index is 516. The molecule has 0 bridgehead atoms. The zero-order valence-electron chi connectivity index (χ0n) is 12.8. The van der Waals surface area contributed by atoms with E-state index < -0.39 is 6.10 Å². The molecule has 22 heavy (non-hydrogen) atoms. The van der Waals surface area contributed by atoms with Crippen LogP contribution in [-0.2, 0) is 0 Å². The Kier molecular flexibility index (Phi) is 4.83. The Morgan fingerprint density at radius 1 is 1.18 bits per heavy atom. The molecule has 2 fully saturated rings. The number of hydrogen-bond donors (Lipinski definition) is 3. The number of aliphatic hydroxyl groups is 1. The standard InChI is InChI=1S/C17H24N2O3/c20-15-7-3-1-5-13(15)18-17(21)19-14-6-2-4-8-16(14)22-11-12-9-10-12/h2,4,6,8,12-13,15,20H,1,3,5,7,9-11H2,(H2,18,19,21). The van der Waals surface area contributed by atoms with Gasteiger partial charge in [-0.3, -0.25) is 0 Å². The fraction of sp³-hybridized carbons (Fsp3) is 0.588. The lowest BCUT2D eigenvalue weighted by atomic mass is 9.93. The fourth-order valence-corrected chi connectivity index (χ4v) is 2.79. The lowest BCUT2D eigenvalue weighted by Crippen LogP contribution is -2.46. The smallest absolute Gasteiger partial charge is 0.319 e. The Morgan fingerprint density at radius 2 is 1.95 bits per heavy atom. The molecule has 0 heterocycles. The number of nitrogens with one attached hydrogen (secondary N) is 2. The van der Waals surface area contributed by atoms with Gasteiger partial charge < -0.3 is 20.5 Å². The van der Waals surface area contributed by atoms with E-state index in [0.29, 0.717) is 24.0 Å². The van der Waals surface area contributed by atoms with Crippen LogP contribution in [0.15, 0.2) is 24.3 Å². The minimum atomic E-state index is -0.444. The molecule has 2 unspecified atom stereocenters. The number of benzene rings is 1. The third kappa shape index (κ3) is 4.13. The summed E-state index contributed by atoms with van der Waals surface area (Å²) < 4.78 is 5.78. The Balaban J connectivity index is 1.55. The number of urea groups is 1. The first-order valence-corrected chi connectivity index (χ1v) is 8.20. The van der Waals surface area contributed by atoms with Gasteiger partial charge in [-0.2, -0.15) is 0 Å². The van der Waals surface area contributed by atoms with E-state index in [1.807, 2.05) is 24.3 Å². The third-order valence-electron chi connectivity index (χ3n) is 4.35. The second-order valence-corrected chi connectivity index (χ2v) is 6.31. The van der Waals surface area contributed by atoms with Gasteiger partial charge in [0, 0.05) is 0 Å². The van der Waals surface area contributed by atoms with Crippen molar-refractivity contribution in [2.45, 2.75) is 50.7 Å². The summed E-state index contributed by atoms with van der Waals surface area (Å²) in [4.78, 5) is 12.1. The van der Waals surface area contributed by atoms with Crippen molar-refractivity contribution in [3.05, 3.63) is 24.3 Å². The van der Waals surface area contributed by atoms with E-state index in [1.165, 1.54) is 12.8 Å². The van der Waals surface area contributed by atoms with Crippen LogP contribution >= 0.6 is 0 Å². The number of amides is 2. The van der Waals surface area contributed by atoms with Crippen LogP contribution in [0.2, 0.25) is 0 Å². The second kappa shape index (κ2) is 7.01. The summed E-state index contributed by atoms with van der Waals surface area (Å²) in [5, 5.41) is 15.6. The highest BCUT2D eigenvalue weighted by Crippen LogP contribution is 2.31. The summed E-state index contributed by atoms with van der Waals surface area (Å²) in [5.74, 6) is 1.37. The Morgan fingerprint density at radius 3 is 2.73 bits per heavy atom. The zero-order chi connectivity index (χ0) is 15.4. The molecule has 5 heteroatoms. The summed E-state index contributed by atoms with van der Waals surface area (Å²) in [7, 11) is 0. The number of anilines is 1. The predicted molar refractivity (Wildman–Crippen MR) is 85.1 cm³/mol. The van der Waals surface area contributed by atoms with Crippen LogP contribution in [0.4, 0.5) is 10.5 Å². The first-order chi connectivity index (χ1) is 10.7. The fourth-order valence-electron chi connectivity index (χ4n) is 2.79. The van der Waals surface area contributed by atoms with Crippen molar-refractivity contribution in [1.29, 1.82) is 0 Å². The molecule has 2 amide bonds. The quantitative estimate of drug-likeness (QED) is 0.783. The van der Waals surface area contributed by atoms with E-state index >= 15 is 0 Å². The molecular weight excluding hydrogens is 280 g/mol. The third-order valence-corrected chi connectivity index (χ3v) is 4.35. The van der Waals surface area contributed by atoms with Gasteiger partial charge in [0.1, 0.15) is 5.75 Å². The molecule has 2 aliphatic rings. The maximum Gasteiger partial charge on any atom is 0.319 e. The average molecular weight is 304 g/mol.